The van der Waals surface area contributed by atoms with E-state index in [9.17, 15) is 4.79 Å². The summed E-state index contributed by atoms with van der Waals surface area (Å²) in [5.74, 6) is 1.20. The number of rotatable bonds is 4. The molecule has 5 heteroatoms. The van der Waals surface area contributed by atoms with E-state index in [4.69, 9.17) is 10.5 Å². The Hall–Kier alpha value is -2.82. The predicted molar refractivity (Wildman–Crippen MR) is 95.1 cm³/mol. The second kappa shape index (κ2) is 5.67. The molecule has 0 radical (unpaired) electrons. The van der Waals surface area contributed by atoms with Crippen molar-refractivity contribution in [2.45, 2.75) is 12.8 Å². The van der Waals surface area contributed by atoms with Gasteiger partial charge in [-0.25, -0.2) is 4.98 Å². The molecule has 0 saturated heterocycles. The Kier molecular flexibility index (Phi) is 3.49. The first-order chi connectivity index (χ1) is 11.6. The van der Waals surface area contributed by atoms with Gasteiger partial charge >= 0.3 is 0 Å². The Bertz CT molecular complexity index is 974. The molecule has 0 atom stereocenters. The number of pyridine rings is 2. The normalized spacial score (nSPS) is 14.0. The van der Waals surface area contributed by atoms with E-state index in [2.05, 4.69) is 4.98 Å². The minimum Gasteiger partial charge on any atom is -0.477 e. The Labute approximate surface area is 139 Å². The van der Waals surface area contributed by atoms with Gasteiger partial charge in [0, 0.05) is 29.8 Å². The number of aromatic nitrogens is 2. The lowest BCUT2D eigenvalue weighted by Gasteiger charge is -2.14. The van der Waals surface area contributed by atoms with Gasteiger partial charge in [0.25, 0.3) is 5.56 Å². The average Bonchev–Trinajstić information content (AvgIpc) is 3.41. The van der Waals surface area contributed by atoms with E-state index in [0.29, 0.717) is 29.5 Å². The zero-order valence-electron chi connectivity index (χ0n) is 13.5. The molecule has 24 heavy (non-hydrogen) atoms. The number of aryl methyl sites for hydroxylation is 1. The Morgan fingerprint density at radius 3 is 2.75 bits per heavy atom. The van der Waals surface area contributed by atoms with Crippen molar-refractivity contribution in [1.82, 2.24) is 9.55 Å². The molecule has 2 heterocycles. The van der Waals surface area contributed by atoms with E-state index in [1.54, 1.807) is 17.8 Å². The number of nitrogen functional groups attached to an aromatic ring is 1. The predicted octanol–water partition coefficient (Wildman–Crippen LogP) is 2.97. The van der Waals surface area contributed by atoms with Crippen molar-refractivity contribution in [2.75, 3.05) is 12.3 Å². The van der Waals surface area contributed by atoms with Gasteiger partial charge in [-0.2, -0.15) is 0 Å². The molecule has 2 aromatic heterocycles. The standard InChI is InChI=1S/C19H19N3O2/c1-22-10-17(14-4-2-3-5-15(14)19(22)23)16-8-13(20)9-21-18(16)24-11-12-6-7-12/h2-5,8-10,12H,6-7,11,20H2,1H3. The van der Waals surface area contributed by atoms with Gasteiger partial charge in [-0.05, 0) is 36.3 Å². The highest BCUT2D eigenvalue weighted by atomic mass is 16.5. The zero-order chi connectivity index (χ0) is 16.7. The minimum atomic E-state index is -0.0216. The maximum atomic E-state index is 12.4. The van der Waals surface area contributed by atoms with Crippen LogP contribution in [0.4, 0.5) is 5.69 Å². The molecule has 1 aromatic carbocycles. The van der Waals surface area contributed by atoms with E-state index >= 15 is 0 Å². The van der Waals surface area contributed by atoms with Crippen LogP contribution in [0.3, 0.4) is 0 Å². The average molecular weight is 321 g/mol. The maximum Gasteiger partial charge on any atom is 0.258 e. The van der Waals surface area contributed by atoms with Gasteiger partial charge in [0.15, 0.2) is 0 Å². The van der Waals surface area contributed by atoms with Crippen LogP contribution < -0.4 is 16.0 Å². The molecule has 122 valence electrons. The highest BCUT2D eigenvalue weighted by Crippen LogP contribution is 2.35. The van der Waals surface area contributed by atoms with Gasteiger partial charge in [0.2, 0.25) is 5.88 Å². The fourth-order valence-corrected chi connectivity index (χ4v) is 2.89. The van der Waals surface area contributed by atoms with Crippen LogP contribution in [0.1, 0.15) is 12.8 Å². The van der Waals surface area contributed by atoms with Gasteiger partial charge in [0.1, 0.15) is 0 Å². The molecule has 1 saturated carbocycles. The van der Waals surface area contributed by atoms with Gasteiger partial charge in [-0.15, -0.1) is 0 Å². The number of anilines is 1. The van der Waals surface area contributed by atoms with Crippen molar-refractivity contribution in [2.24, 2.45) is 13.0 Å². The summed E-state index contributed by atoms with van der Waals surface area (Å²) in [6.45, 7) is 0.674. The fraction of sp³-hybridized carbons (Fsp3) is 0.263. The van der Waals surface area contributed by atoms with Crippen LogP contribution in [-0.4, -0.2) is 16.2 Å². The molecular formula is C19H19N3O2. The van der Waals surface area contributed by atoms with Crippen LogP contribution in [0.25, 0.3) is 21.9 Å². The first kappa shape index (κ1) is 14.8. The van der Waals surface area contributed by atoms with Crippen LogP contribution in [0.2, 0.25) is 0 Å². The van der Waals surface area contributed by atoms with Crippen molar-refractivity contribution in [3.8, 4) is 17.0 Å². The van der Waals surface area contributed by atoms with Crippen molar-refractivity contribution < 1.29 is 4.74 Å². The van der Waals surface area contributed by atoms with E-state index in [-0.39, 0.29) is 5.56 Å². The lowest BCUT2D eigenvalue weighted by atomic mass is 10.0. The molecule has 1 fully saturated rings. The summed E-state index contributed by atoms with van der Waals surface area (Å²) in [6, 6.07) is 9.44. The van der Waals surface area contributed by atoms with E-state index < -0.39 is 0 Å². The van der Waals surface area contributed by atoms with Crippen molar-refractivity contribution in [3.63, 3.8) is 0 Å². The SMILES string of the molecule is Cn1cc(-c2cc(N)cnc2OCC2CC2)c2ccccc2c1=O. The molecule has 0 amide bonds. The van der Waals surface area contributed by atoms with Crippen LogP contribution in [-0.2, 0) is 7.05 Å². The lowest BCUT2D eigenvalue weighted by Crippen LogP contribution is -2.16. The number of hydrogen-bond acceptors (Lipinski definition) is 4. The summed E-state index contributed by atoms with van der Waals surface area (Å²) in [4.78, 5) is 16.8. The summed E-state index contributed by atoms with van der Waals surface area (Å²) in [6.07, 6.45) is 5.86. The van der Waals surface area contributed by atoms with E-state index in [1.165, 1.54) is 12.8 Å². The molecule has 0 aliphatic heterocycles. The molecule has 0 bridgehead atoms. The molecular weight excluding hydrogens is 302 g/mol. The Morgan fingerprint density at radius 2 is 2.00 bits per heavy atom. The topological polar surface area (TPSA) is 70.1 Å². The quantitative estimate of drug-likeness (QED) is 0.802. The third-order valence-corrected chi connectivity index (χ3v) is 4.41. The number of hydrogen-bond donors (Lipinski definition) is 1. The van der Waals surface area contributed by atoms with Gasteiger partial charge in [-0.1, -0.05) is 18.2 Å². The number of fused-ring (bicyclic) bond motifs is 1. The molecule has 1 aliphatic rings. The molecule has 0 unspecified atom stereocenters. The second-order valence-corrected chi connectivity index (χ2v) is 6.38. The highest BCUT2D eigenvalue weighted by Gasteiger charge is 2.23. The summed E-state index contributed by atoms with van der Waals surface area (Å²) in [5.41, 5.74) is 8.23. The third kappa shape index (κ3) is 2.62. The monoisotopic (exact) mass is 321 g/mol. The van der Waals surface area contributed by atoms with E-state index in [1.807, 2.05) is 36.5 Å². The number of benzene rings is 1. The van der Waals surface area contributed by atoms with Gasteiger partial charge in [0.05, 0.1) is 18.5 Å². The maximum absolute atomic E-state index is 12.4. The summed E-state index contributed by atoms with van der Waals surface area (Å²) < 4.78 is 7.52. The zero-order valence-corrected chi connectivity index (χ0v) is 13.5. The van der Waals surface area contributed by atoms with Crippen LogP contribution >= 0.6 is 0 Å². The molecule has 0 spiro atoms. The lowest BCUT2D eigenvalue weighted by molar-refractivity contribution is 0.290. The smallest absolute Gasteiger partial charge is 0.258 e. The molecule has 2 N–H and O–H groups in total. The van der Waals surface area contributed by atoms with Crippen molar-refractivity contribution >= 4 is 16.5 Å². The number of ether oxygens (including phenoxy) is 1. The molecule has 4 rings (SSSR count). The minimum absolute atomic E-state index is 0.0216. The first-order valence-corrected chi connectivity index (χ1v) is 8.10. The number of nitrogens with two attached hydrogens (primary N) is 1. The summed E-state index contributed by atoms with van der Waals surface area (Å²) >= 11 is 0. The van der Waals surface area contributed by atoms with Gasteiger partial charge in [-0.3, -0.25) is 4.79 Å². The third-order valence-electron chi connectivity index (χ3n) is 4.41. The summed E-state index contributed by atoms with van der Waals surface area (Å²) in [7, 11) is 1.75. The van der Waals surface area contributed by atoms with Gasteiger partial charge < -0.3 is 15.0 Å². The van der Waals surface area contributed by atoms with Crippen LogP contribution in [0.15, 0.2) is 47.5 Å². The highest BCUT2D eigenvalue weighted by molar-refractivity contribution is 5.97. The Morgan fingerprint density at radius 1 is 1.25 bits per heavy atom. The molecule has 1 aliphatic carbocycles. The molecule has 5 nitrogen and oxygen atoms in total. The van der Waals surface area contributed by atoms with Crippen molar-refractivity contribution in [3.05, 3.63) is 53.1 Å². The molecule has 3 aromatic rings. The van der Waals surface area contributed by atoms with Crippen molar-refractivity contribution in [1.29, 1.82) is 0 Å². The van der Waals surface area contributed by atoms with E-state index in [0.717, 1.165) is 16.5 Å². The summed E-state index contributed by atoms with van der Waals surface area (Å²) in [5, 5.41) is 1.55. The van der Waals surface area contributed by atoms with Crippen LogP contribution in [0, 0.1) is 5.92 Å². The first-order valence-electron chi connectivity index (χ1n) is 8.10. The van der Waals surface area contributed by atoms with Crippen LogP contribution in [0.5, 0.6) is 5.88 Å². The number of nitrogens with zero attached hydrogens (tertiary/aromatic N) is 2. The fourth-order valence-electron chi connectivity index (χ4n) is 2.89. The Balaban J connectivity index is 1.92. The largest absolute Gasteiger partial charge is 0.477 e. The second-order valence-electron chi connectivity index (χ2n) is 6.38.